The summed E-state index contributed by atoms with van der Waals surface area (Å²) in [6, 6.07) is 4.67. The molecule has 0 saturated heterocycles. The molecule has 1 aromatic carbocycles. The molecule has 0 aliphatic carbocycles. The van der Waals surface area contributed by atoms with E-state index in [9.17, 15) is 9.59 Å². The van der Waals surface area contributed by atoms with Gasteiger partial charge in [0.2, 0.25) is 5.91 Å². The van der Waals surface area contributed by atoms with E-state index in [1.807, 2.05) is 20.8 Å². The lowest BCUT2D eigenvalue weighted by Crippen LogP contribution is -2.14. The predicted octanol–water partition coefficient (Wildman–Crippen LogP) is 2.84. The maximum Gasteiger partial charge on any atom is 0.335 e. The molecule has 0 heterocycles. The Balaban J connectivity index is 2.53. The van der Waals surface area contributed by atoms with E-state index in [4.69, 9.17) is 9.84 Å². The van der Waals surface area contributed by atoms with Gasteiger partial charge in [0.05, 0.1) is 11.7 Å². The summed E-state index contributed by atoms with van der Waals surface area (Å²) in [5.41, 5.74) is 1.54. The molecule has 0 atom stereocenters. The van der Waals surface area contributed by atoms with Crippen LogP contribution in [0.3, 0.4) is 0 Å². The van der Waals surface area contributed by atoms with Gasteiger partial charge in [-0.2, -0.15) is 0 Å². The molecule has 0 radical (unpaired) electrons. The molecule has 110 valence electrons. The first-order valence-corrected chi connectivity index (χ1v) is 6.65. The molecular formula is C15H21NO4. The summed E-state index contributed by atoms with van der Waals surface area (Å²) >= 11 is 0. The Morgan fingerprint density at radius 2 is 2.05 bits per heavy atom. The summed E-state index contributed by atoms with van der Waals surface area (Å²) in [4.78, 5) is 22.7. The fourth-order valence-electron chi connectivity index (χ4n) is 1.65. The Morgan fingerprint density at radius 3 is 2.65 bits per heavy atom. The summed E-state index contributed by atoms with van der Waals surface area (Å²) in [5.74, 6) is -1.14. The third-order valence-electron chi connectivity index (χ3n) is 2.76. The van der Waals surface area contributed by atoms with Crippen molar-refractivity contribution in [1.29, 1.82) is 0 Å². The predicted molar refractivity (Wildman–Crippen MR) is 77.1 cm³/mol. The monoisotopic (exact) mass is 279 g/mol. The van der Waals surface area contributed by atoms with Crippen molar-refractivity contribution in [2.75, 3.05) is 11.9 Å². The number of ether oxygens (including phenoxy) is 1. The number of benzene rings is 1. The quantitative estimate of drug-likeness (QED) is 0.752. The Bertz CT molecular complexity index is 483. The average molecular weight is 279 g/mol. The van der Waals surface area contributed by atoms with Gasteiger partial charge in [-0.05, 0) is 44.9 Å². The highest BCUT2D eigenvalue weighted by atomic mass is 16.5. The van der Waals surface area contributed by atoms with Crippen LogP contribution in [0.25, 0.3) is 0 Å². The number of anilines is 1. The maximum atomic E-state index is 11.8. The largest absolute Gasteiger partial charge is 0.478 e. The number of carboxylic acid groups (broad SMARTS) is 1. The molecule has 1 amide bonds. The lowest BCUT2D eigenvalue weighted by molar-refractivity contribution is -0.116. The van der Waals surface area contributed by atoms with Gasteiger partial charge in [-0.3, -0.25) is 4.79 Å². The first-order valence-electron chi connectivity index (χ1n) is 6.65. The number of aryl methyl sites for hydroxylation is 1. The zero-order valence-electron chi connectivity index (χ0n) is 12.1. The van der Waals surface area contributed by atoms with Crippen LogP contribution >= 0.6 is 0 Å². The lowest BCUT2D eigenvalue weighted by Gasteiger charge is -2.10. The zero-order valence-corrected chi connectivity index (χ0v) is 12.1. The Hall–Kier alpha value is -1.88. The molecule has 0 fully saturated rings. The number of carbonyl (C=O) groups excluding carboxylic acids is 1. The Morgan fingerprint density at radius 1 is 1.35 bits per heavy atom. The van der Waals surface area contributed by atoms with Gasteiger partial charge < -0.3 is 15.2 Å². The molecule has 1 rings (SSSR count). The van der Waals surface area contributed by atoms with Gasteiger partial charge >= 0.3 is 5.97 Å². The van der Waals surface area contributed by atoms with Crippen molar-refractivity contribution in [3.8, 4) is 0 Å². The molecule has 0 bridgehead atoms. The number of hydrogen-bond donors (Lipinski definition) is 2. The van der Waals surface area contributed by atoms with Gasteiger partial charge in [0, 0.05) is 18.7 Å². The van der Waals surface area contributed by atoms with Crippen molar-refractivity contribution < 1.29 is 19.4 Å². The highest BCUT2D eigenvalue weighted by Crippen LogP contribution is 2.17. The van der Waals surface area contributed by atoms with Crippen LogP contribution in [0.4, 0.5) is 5.69 Å². The molecule has 0 aromatic heterocycles. The SMILES string of the molecule is Cc1ccc(C(=O)O)cc1NC(=O)CCCOC(C)C. The third kappa shape index (κ3) is 5.40. The van der Waals surface area contributed by atoms with Crippen LogP contribution < -0.4 is 5.32 Å². The molecule has 20 heavy (non-hydrogen) atoms. The van der Waals surface area contributed by atoms with Crippen molar-refractivity contribution in [2.45, 2.75) is 39.7 Å². The van der Waals surface area contributed by atoms with Crippen LogP contribution in [0.15, 0.2) is 18.2 Å². The maximum absolute atomic E-state index is 11.8. The van der Waals surface area contributed by atoms with Crippen LogP contribution in [0.5, 0.6) is 0 Å². The highest BCUT2D eigenvalue weighted by molar-refractivity contribution is 5.94. The van der Waals surface area contributed by atoms with E-state index in [-0.39, 0.29) is 17.6 Å². The molecule has 0 spiro atoms. The second kappa shape index (κ2) is 7.65. The van der Waals surface area contributed by atoms with E-state index in [0.29, 0.717) is 25.1 Å². The number of amides is 1. The Kier molecular flexibility index (Phi) is 6.18. The Labute approximate surface area is 118 Å². The van der Waals surface area contributed by atoms with Crippen LogP contribution in [0, 0.1) is 6.92 Å². The van der Waals surface area contributed by atoms with Crippen molar-refractivity contribution >= 4 is 17.6 Å². The fraction of sp³-hybridized carbons (Fsp3) is 0.467. The van der Waals surface area contributed by atoms with E-state index in [2.05, 4.69) is 5.32 Å². The fourth-order valence-corrected chi connectivity index (χ4v) is 1.65. The minimum absolute atomic E-state index is 0.136. The van der Waals surface area contributed by atoms with Crippen molar-refractivity contribution in [3.63, 3.8) is 0 Å². The van der Waals surface area contributed by atoms with Gasteiger partial charge in [-0.15, -0.1) is 0 Å². The first-order chi connectivity index (χ1) is 9.40. The highest BCUT2D eigenvalue weighted by Gasteiger charge is 2.09. The first kappa shape index (κ1) is 16.2. The molecule has 0 unspecified atom stereocenters. The van der Waals surface area contributed by atoms with Crippen LogP contribution in [-0.2, 0) is 9.53 Å². The smallest absolute Gasteiger partial charge is 0.335 e. The lowest BCUT2D eigenvalue weighted by atomic mass is 10.1. The average Bonchev–Trinajstić information content (AvgIpc) is 2.37. The standard InChI is InChI=1S/C15H21NO4/c1-10(2)20-8-4-5-14(17)16-13-9-12(15(18)19)7-6-11(13)3/h6-7,9-10H,4-5,8H2,1-3H3,(H,16,17)(H,18,19). The number of carboxylic acids is 1. The van der Waals surface area contributed by atoms with Gasteiger partial charge in [0.25, 0.3) is 0 Å². The molecule has 2 N–H and O–H groups in total. The van der Waals surface area contributed by atoms with E-state index in [1.54, 1.807) is 6.07 Å². The summed E-state index contributed by atoms with van der Waals surface area (Å²) in [5, 5.41) is 11.7. The van der Waals surface area contributed by atoms with E-state index in [1.165, 1.54) is 12.1 Å². The summed E-state index contributed by atoms with van der Waals surface area (Å²) in [6.45, 7) is 6.25. The van der Waals surface area contributed by atoms with Gasteiger partial charge in [-0.25, -0.2) is 4.79 Å². The zero-order chi connectivity index (χ0) is 15.1. The third-order valence-corrected chi connectivity index (χ3v) is 2.76. The summed E-state index contributed by atoms with van der Waals surface area (Å²) in [6.07, 6.45) is 1.15. The van der Waals surface area contributed by atoms with Gasteiger partial charge in [-0.1, -0.05) is 6.07 Å². The second-order valence-electron chi connectivity index (χ2n) is 4.91. The minimum atomic E-state index is -1.01. The molecule has 0 saturated carbocycles. The molecule has 1 aromatic rings. The van der Waals surface area contributed by atoms with Crippen LogP contribution in [0.2, 0.25) is 0 Å². The number of hydrogen-bond acceptors (Lipinski definition) is 3. The van der Waals surface area contributed by atoms with E-state index >= 15 is 0 Å². The van der Waals surface area contributed by atoms with Gasteiger partial charge in [0.1, 0.15) is 0 Å². The van der Waals surface area contributed by atoms with Crippen molar-refractivity contribution in [2.24, 2.45) is 0 Å². The van der Waals surface area contributed by atoms with Gasteiger partial charge in [0.15, 0.2) is 0 Å². The number of carbonyl (C=O) groups is 2. The molecule has 0 aliphatic heterocycles. The van der Waals surface area contributed by atoms with Crippen molar-refractivity contribution in [1.82, 2.24) is 0 Å². The summed E-state index contributed by atoms with van der Waals surface area (Å²) in [7, 11) is 0. The molecule has 5 heteroatoms. The topological polar surface area (TPSA) is 75.6 Å². The second-order valence-corrected chi connectivity index (χ2v) is 4.91. The van der Waals surface area contributed by atoms with Crippen LogP contribution in [-0.4, -0.2) is 29.7 Å². The normalized spacial score (nSPS) is 10.6. The van der Waals surface area contributed by atoms with E-state index in [0.717, 1.165) is 5.56 Å². The number of aromatic carboxylic acids is 1. The number of rotatable bonds is 7. The summed E-state index contributed by atoms with van der Waals surface area (Å²) < 4.78 is 5.36. The molecular weight excluding hydrogens is 258 g/mol. The van der Waals surface area contributed by atoms with Crippen molar-refractivity contribution in [3.05, 3.63) is 29.3 Å². The number of nitrogens with one attached hydrogen (secondary N) is 1. The molecule has 0 aliphatic rings. The minimum Gasteiger partial charge on any atom is -0.478 e. The van der Waals surface area contributed by atoms with E-state index < -0.39 is 5.97 Å². The van der Waals surface area contributed by atoms with Crippen LogP contribution in [0.1, 0.15) is 42.6 Å². The molecule has 5 nitrogen and oxygen atoms in total.